The van der Waals surface area contributed by atoms with Gasteiger partial charge in [0.2, 0.25) is 0 Å². The molecule has 0 aromatic carbocycles. The lowest BCUT2D eigenvalue weighted by atomic mass is 10.0. The summed E-state index contributed by atoms with van der Waals surface area (Å²) in [5.41, 5.74) is 0. The molecule has 0 aliphatic carbocycles. The topological polar surface area (TPSA) is 26.3 Å². The Labute approximate surface area is 145 Å². The summed E-state index contributed by atoms with van der Waals surface area (Å²) < 4.78 is 5.61. The van der Waals surface area contributed by atoms with E-state index < -0.39 is 0 Å². The van der Waals surface area contributed by atoms with Gasteiger partial charge in [0.05, 0.1) is 0 Å². The van der Waals surface area contributed by atoms with Crippen LogP contribution in [0.5, 0.6) is 0 Å². The highest BCUT2D eigenvalue weighted by molar-refractivity contribution is 5.69. The van der Waals surface area contributed by atoms with Crippen molar-refractivity contribution in [2.45, 2.75) is 130 Å². The largest absolute Gasteiger partial charge is 0.462 e. The second-order valence-corrected chi connectivity index (χ2v) is 6.95. The number of hydrogen-bond donors (Lipinski definition) is 0. The Morgan fingerprint density at radius 3 is 1.70 bits per heavy atom. The van der Waals surface area contributed by atoms with Gasteiger partial charge in [0, 0.05) is 6.42 Å². The molecule has 2 nitrogen and oxygen atoms in total. The van der Waals surface area contributed by atoms with Crippen molar-refractivity contribution in [3.63, 3.8) is 0 Å². The normalized spacial score (nSPS) is 12.3. The van der Waals surface area contributed by atoms with Crippen LogP contribution in [0.2, 0.25) is 0 Å². The Balaban J connectivity index is 3.48. The maximum atomic E-state index is 11.8. The van der Waals surface area contributed by atoms with Gasteiger partial charge in [-0.1, -0.05) is 91.4 Å². The average Bonchev–Trinajstić information content (AvgIpc) is 2.56. The lowest BCUT2D eigenvalue weighted by Gasteiger charge is -2.16. The number of unbranched alkanes of at least 4 members (excludes halogenated alkanes) is 11. The van der Waals surface area contributed by atoms with Crippen LogP contribution in [0.3, 0.4) is 0 Å². The highest BCUT2D eigenvalue weighted by Crippen LogP contribution is 2.15. The maximum Gasteiger partial charge on any atom is 0.306 e. The monoisotopic (exact) mass is 326 g/mol. The molecule has 1 unspecified atom stereocenters. The molecule has 0 saturated carbocycles. The Bertz CT molecular complexity index is 250. The molecule has 0 radical (unpaired) electrons. The van der Waals surface area contributed by atoms with E-state index in [-0.39, 0.29) is 12.1 Å². The zero-order valence-corrected chi connectivity index (χ0v) is 16.2. The molecule has 138 valence electrons. The minimum atomic E-state index is 0.0175. The summed E-state index contributed by atoms with van der Waals surface area (Å²) in [5, 5.41) is 0. The van der Waals surface area contributed by atoms with Gasteiger partial charge in [-0.3, -0.25) is 4.79 Å². The van der Waals surface area contributed by atoms with Crippen LogP contribution in [0.4, 0.5) is 0 Å². The molecule has 0 spiro atoms. The molecule has 0 saturated heterocycles. The molecule has 0 aromatic rings. The standard InChI is InChI=1S/C21H42O2/c1-4-7-9-11-12-13-14-15-16-18-20(6-3)23-21(22)19-17-10-8-5-2/h20H,4-19H2,1-3H3. The number of hydrogen-bond acceptors (Lipinski definition) is 2. The molecule has 0 bridgehead atoms. The predicted molar refractivity (Wildman–Crippen MR) is 101 cm³/mol. The molecule has 23 heavy (non-hydrogen) atoms. The summed E-state index contributed by atoms with van der Waals surface area (Å²) >= 11 is 0. The van der Waals surface area contributed by atoms with Crippen LogP contribution >= 0.6 is 0 Å². The van der Waals surface area contributed by atoms with E-state index in [0.29, 0.717) is 6.42 Å². The first-order valence-corrected chi connectivity index (χ1v) is 10.4. The van der Waals surface area contributed by atoms with Crippen LogP contribution in [-0.4, -0.2) is 12.1 Å². The van der Waals surface area contributed by atoms with Crippen LogP contribution in [-0.2, 0) is 9.53 Å². The van der Waals surface area contributed by atoms with Crippen molar-refractivity contribution in [1.29, 1.82) is 0 Å². The number of rotatable bonds is 17. The van der Waals surface area contributed by atoms with E-state index in [2.05, 4.69) is 20.8 Å². The smallest absolute Gasteiger partial charge is 0.306 e. The van der Waals surface area contributed by atoms with Crippen molar-refractivity contribution in [1.82, 2.24) is 0 Å². The summed E-state index contributed by atoms with van der Waals surface area (Å²) in [5.74, 6) is 0.0175. The molecule has 0 aromatic heterocycles. The van der Waals surface area contributed by atoms with Crippen LogP contribution < -0.4 is 0 Å². The Morgan fingerprint density at radius 1 is 0.696 bits per heavy atom. The third-order valence-electron chi connectivity index (χ3n) is 4.62. The third kappa shape index (κ3) is 16.1. The van der Waals surface area contributed by atoms with Crippen molar-refractivity contribution in [2.75, 3.05) is 0 Å². The molecule has 0 N–H and O–H groups in total. The van der Waals surface area contributed by atoms with Crippen LogP contribution in [0.1, 0.15) is 124 Å². The molecule has 0 rings (SSSR count). The first kappa shape index (κ1) is 22.5. The van der Waals surface area contributed by atoms with Crippen molar-refractivity contribution in [3.05, 3.63) is 0 Å². The SMILES string of the molecule is CCCCCCCCCCCC(CC)OC(=O)CCCCCC. The maximum absolute atomic E-state index is 11.8. The van der Waals surface area contributed by atoms with Gasteiger partial charge >= 0.3 is 5.97 Å². The van der Waals surface area contributed by atoms with Crippen LogP contribution in [0.15, 0.2) is 0 Å². The van der Waals surface area contributed by atoms with Gasteiger partial charge in [-0.05, 0) is 25.7 Å². The summed E-state index contributed by atoms with van der Waals surface area (Å²) in [4.78, 5) is 11.8. The van der Waals surface area contributed by atoms with E-state index in [1.807, 2.05) is 0 Å². The second kappa shape index (κ2) is 17.8. The van der Waals surface area contributed by atoms with Gasteiger partial charge in [0.1, 0.15) is 6.10 Å². The Morgan fingerprint density at radius 2 is 1.17 bits per heavy atom. The lowest BCUT2D eigenvalue weighted by Crippen LogP contribution is -2.17. The summed E-state index contributed by atoms with van der Waals surface area (Å²) in [6.07, 6.45) is 19.5. The molecule has 0 heterocycles. The van der Waals surface area contributed by atoms with Gasteiger partial charge < -0.3 is 4.74 Å². The fourth-order valence-corrected chi connectivity index (χ4v) is 2.97. The third-order valence-corrected chi connectivity index (χ3v) is 4.62. The van der Waals surface area contributed by atoms with Crippen LogP contribution in [0, 0.1) is 0 Å². The van der Waals surface area contributed by atoms with Gasteiger partial charge in [0.25, 0.3) is 0 Å². The number of carbonyl (C=O) groups is 1. The fraction of sp³-hybridized carbons (Fsp3) is 0.952. The Kier molecular flexibility index (Phi) is 17.4. The van der Waals surface area contributed by atoms with E-state index in [9.17, 15) is 4.79 Å². The highest BCUT2D eigenvalue weighted by atomic mass is 16.5. The van der Waals surface area contributed by atoms with Gasteiger partial charge in [-0.15, -0.1) is 0 Å². The number of ether oxygens (including phenoxy) is 1. The van der Waals surface area contributed by atoms with Crippen molar-refractivity contribution >= 4 is 5.97 Å². The second-order valence-electron chi connectivity index (χ2n) is 6.95. The van der Waals surface area contributed by atoms with Crippen molar-refractivity contribution < 1.29 is 9.53 Å². The summed E-state index contributed by atoms with van der Waals surface area (Å²) in [7, 11) is 0. The first-order chi connectivity index (χ1) is 11.2. The number of carbonyl (C=O) groups excluding carboxylic acids is 1. The van der Waals surface area contributed by atoms with E-state index in [1.54, 1.807) is 0 Å². The van der Waals surface area contributed by atoms with Gasteiger partial charge in [-0.25, -0.2) is 0 Å². The molecular formula is C21H42O2. The molecule has 0 aliphatic heterocycles. The van der Waals surface area contributed by atoms with Crippen molar-refractivity contribution in [3.8, 4) is 0 Å². The first-order valence-electron chi connectivity index (χ1n) is 10.4. The molecule has 1 atom stereocenters. The lowest BCUT2D eigenvalue weighted by molar-refractivity contribution is -0.149. The van der Waals surface area contributed by atoms with E-state index in [0.717, 1.165) is 25.7 Å². The fourth-order valence-electron chi connectivity index (χ4n) is 2.97. The minimum absolute atomic E-state index is 0.0175. The molecule has 0 aliphatic rings. The molecular weight excluding hydrogens is 284 g/mol. The quantitative estimate of drug-likeness (QED) is 0.209. The predicted octanol–water partition coefficient (Wildman–Crippen LogP) is 7.20. The van der Waals surface area contributed by atoms with Crippen molar-refractivity contribution in [2.24, 2.45) is 0 Å². The zero-order chi connectivity index (χ0) is 17.2. The average molecular weight is 327 g/mol. The molecule has 0 amide bonds. The van der Waals surface area contributed by atoms with Gasteiger partial charge in [-0.2, -0.15) is 0 Å². The minimum Gasteiger partial charge on any atom is -0.462 e. The molecule has 0 fully saturated rings. The Hall–Kier alpha value is -0.530. The zero-order valence-electron chi connectivity index (χ0n) is 16.2. The van der Waals surface area contributed by atoms with E-state index in [4.69, 9.17) is 4.74 Å². The van der Waals surface area contributed by atoms with Gasteiger partial charge in [0.15, 0.2) is 0 Å². The van der Waals surface area contributed by atoms with Crippen LogP contribution in [0.25, 0.3) is 0 Å². The summed E-state index contributed by atoms with van der Waals surface area (Å²) in [6.45, 7) is 6.58. The number of esters is 1. The van der Waals surface area contributed by atoms with E-state index >= 15 is 0 Å². The highest BCUT2D eigenvalue weighted by Gasteiger charge is 2.11. The molecule has 2 heteroatoms. The van der Waals surface area contributed by atoms with E-state index in [1.165, 1.54) is 70.6 Å². The summed E-state index contributed by atoms with van der Waals surface area (Å²) in [6, 6.07) is 0.